The van der Waals surface area contributed by atoms with E-state index < -0.39 is 30.1 Å². The predicted molar refractivity (Wildman–Crippen MR) is 132 cm³/mol. The molecule has 8 nitrogen and oxygen atoms in total. The van der Waals surface area contributed by atoms with Crippen LogP contribution in [-0.2, 0) is 19.1 Å². The summed E-state index contributed by atoms with van der Waals surface area (Å²) in [5.41, 5.74) is 4.28. The minimum atomic E-state index is -1.08. The largest absolute Gasteiger partial charge is 0.480 e. The number of benzene rings is 2. The number of fused-ring (bicyclic) bond motifs is 3. The molecule has 3 rings (SSSR count). The van der Waals surface area contributed by atoms with Crippen LogP contribution in [0.25, 0.3) is 11.1 Å². The van der Waals surface area contributed by atoms with Crippen molar-refractivity contribution in [3.05, 3.63) is 59.7 Å². The Morgan fingerprint density at radius 1 is 1.00 bits per heavy atom. The molecule has 2 atom stereocenters. The summed E-state index contributed by atoms with van der Waals surface area (Å²) >= 11 is 0. The molecule has 3 N–H and O–H groups in total. The number of carbonyl (C=O) groups is 3. The number of alkyl carbamates (subject to hydrolysis) is 1. The Morgan fingerprint density at radius 3 is 2.09 bits per heavy atom. The van der Waals surface area contributed by atoms with Gasteiger partial charge < -0.3 is 25.2 Å². The lowest BCUT2D eigenvalue weighted by molar-refractivity contribution is -0.143. The van der Waals surface area contributed by atoms with Crippen LogP contribution in [0.3, 0.4) is 0 Å². The Labute approximate surface area is 206 Å². The average Bonchev–Trinajstić information content (AvgIpc) is 3.12. The maximum absolute atomic E-state index is 12.4. The summed E-state index contributed by atoms with van der Waals surface area (Å²) in [4.78, 5) is 36.3. The van der Waals surface area contributed by atoms with Crippen molar-refractivity contribution in [1.29, 1.82) is 0 Å². The van der Waals surface area contributed by atoms with E-state index in [-0.39, 0.29) is 30.9 Å². The summed E-state index contributed by atoms with van der Waals surface area (Å²) < 4.78 is 10.8. The SMILES string of the molecule is COC(CNC(=O)OCC1c2ccccc2-c2ccccc21)CC(=O)NC(CC(C)(C)C)C(=O)O. The Hall–Kier alpha value is -3.39. The summed E-state index contributed by atoms with van der Waals surface area (Å²) in [6.07, 6.45) is -1.03. The molecule has 0 radical (unpaired) electrons. The average molecular weight is 483 g/mol. The van der Waals surface area contributed by atoms with E-state index in [4.69, 9.17) is 9.47 Å². The fourth-order valence-corrected chi connectivity index (χ4v) is 4.36. The van der Waals surface area contributed by atoms with Gasteiger partial charge in [-0.05, 0) is 34.1 Å². The van der Waals surface area contributed by atoms with Crippen LogP contribution in [0.5, 0.6) is 0 Å². The van der Waals surface area contributed by atoms with Gasteiger partial charge in [0.05, 0.1) is 12.5 Å². The first-order valence-corrected chi connectivity index (χ1v) is 11.7. The Kier molecular flexibility index (Phi) is 8.51. The van der Waals surface area contributed by atoms with Crippen LogP contribution in [0.4, 0.5) is 4.79 Å². The molecule has 0 bridgehead atoms. The van der Waals surface area contributed by atoms with Crippen molar-refractivity contribution >= 4 is 18.0 Å². The topological polar surface area (TPSA) is 114 Å². The molecule has 2 aromatic carbocycles. The number of amides is 2. The second-order valence-corrected chi connectivity index (χ2v) is 9.99. The number of hydrogen-bond donors (Lipinski definition) is 3. The molecule has 0 fully saturated rings. The highest BCUT2D eigenvalue weighted by atomic mass is 16.5. The summed E-state index contributed by atoms with van der Waals surface area (Å²) in [7, 11) is 1.43. The second kappa shape index (κ2) is 11.4. The lowest BCUT2D eigenvalue weighted by Crippen LogP contribution is -2.45. The van der Waals surface area contributed by atoms with Crippen molar-refractivity contribution in [3.8, 4) is 11.1 Å². The lowest BCUT2D eigenvalue weighted by Gasteiger charge is -2.24. The van der Waals surface area contributed by atoms with Gasteiger partial charge in [0, 0.05) is 19.6 Å². The Balaban J connectivity index is 1.50. The maximum Gasteiger partial charge on any atom is 0.407 e. The zero-order valence-electron chi connectivity index (χ0n) is 20.7. The van der Waals surface area contributed by atoms with Crippen molar-refractivity contribution in [2.45, 2.75) is 51.7 Å². The van der Waals surface area contributed by atoms with Crippen molar-refractivity contribution in [3.63, 3.8) is 0 Å². The molecule has 2 amide bonds. The van der Waals surface area contributed by atoms with Crippen LogP contribution < -0.4 is 10.6 Å². The molecule has 0 spiro atoms. The number of carbonyl (C=O) groups excluding carboxylic acids is 2. The first-order chi connectivity index (χ1) is 16.6. The first-order valence-electron chi connectivity index (χ1n) is 11.7. The molecule has 1 aliphatic carbocycles. The molecule has 2 unspecified atom stereocenters. The van der Waals surface area contributed by atoms with Gasteiger partial charge >= 0.3 is 12.1 Å². The molecule has 0 aliphatic heterocycles. The number of ether oxygens (including phenoxy) is 2. The van der Waals surface area contributed by atoms with Gasteiger partial charge in [0.2, 0.25) is 5.91 Å². The minimum Gasteiger partial charge on any atom is -0.480 e. The van der Waals surface area contributed by atoms with Gasteiger partial charge in [0.25, 0.3) is 0 Å². The first kappa shape index (κ1) is 26.2. The molecule has 2 aromatic rings. The Morgan fingerprint density at radius 2 is 1.57 bits per heavy atom. The number of carboxylic acids is 1. The number of rotatable bonds is 10. The van der Waals surface area contributed by atoms with Gasteiger partial charge in [-0.3, -0.25) is 4.79 Å². The van der Waals surface area contributed by atoms with E-state index in [1.54, 1.807) is 0 Å². The van der Waals surface area contributed by atoms with Crippen molar-refractivity contribution in [1.82, 2.24) is 10.6 Å². The summed E-state index contributed by atoms with van der Waals surface area (Å²) in [6, 6.07) is 15.2. The third kappa shape index (κ3) is 7.05. The van der Waals surface area contributed by atoms with E-state index in [2.05, 4.69) is 22.8 Å². The number of nitrogens with one attached hydrogen (secondary N) is 2. The maximum atomic E-state index is 12.4. The zero-order chi connectivity index (χ0) is 25.6. The molecule has 188 valence electrons. The molecule has 0 aromatic heterocycles. The summed E-state index contributed by atoms with van der Waals surface area (Å²) in [6.45, 7) is 5.96. The highest BCUT2D eigenvalue weighted by Gasteiger charge is 2.30. The van der Waals surface area contributed by atoms with Gasteiger partial charge in [0.1, 0.15) is 12.6 Å². The second-order valence-electron chi connectivity index (χ2n) is 9.99. The molecular weight excluding hydrogens is 448 g/mol. The third-order valence-electron chi connectivity index (χ3n) is 6.01. The summed E-state index contributed by atoms with van der Waals surface area (Å²) in [5, 5.41) is 14.6. The van der Waals surface area contributed by atoms with E-state index in [0.29, 0.717) is 6.42 Å². The number of aliphatic carboxylic acids is 1. The van der Waals surface area contributed by atoms with E-state index in [1.165, 1.54) is 7.11 Å². The van der Waals surface area contributed by atoms with Gasteiger partial charge in [-0.1, -0.05) is 69.3 Å². The van der Waals surface area contributed by atoms with Gasteiger partial charge in [-0.25, -0.2) is 9.59 Å². The molecule has 0 saturated heterocycles. The van der Waals surface area contributed by atoms with Crippen molar-refractivity contribution in [2.24, 2.45) is 5.41 Å². The van der Waals surface area contributed by atoms with E-state index >= 15 is 0 Å². The number of hydrogen-bond acceptors (Lipinski definition) is 5. The lowest BCUT2D eigenvalue weighted by atomic mass is 9.88. The molecule has 0 heterocycles. The monoisotopic (exact) mass is 482 g/mol. The highest BCUT2D eigenvalue weighted by Crippen LogP contribution is 2.44. The minimum absolute atomic E-state index is 0.0482. The number of methoxy groups -OCH3 is 1. The fourth-order valence-electron chi connectivity index (χ4n) is 4.36. The smallest absolute Gasteiger partial charge is 0.407 e. The zero-order valence-corrected chi connectivity index (χ0v) is 20.7. The van der Waals surface area contributed by atoms with Crippen LogP contribution in [0, 0.1) is 5.41 Å². The van der Waals surface area contributed by atoms with E-state index in [0.717, 1.165) is 22.3 Å². The van der Waals surface area contributed by atoms with Crippen LogP contribution in [0.1, 0.15) is 50.7 Å². The molecule has 8 heteroatoms. The third-order valence-corrected chi connectivity index (χ3v) is 6.01. The van der Waals surface area contributed by atoms with Gasteiger partial charge in [-0.15, -0.1) is 0 Å². The molecule has 1 aliphatic rings. The van der Waals surface area contributed by atoms with Crippen LogP contribution in [0.2, 0.25) is 0 Å². The van der Waals surface area contributed by atoms with Crippen molar-refractivity contribution < 1.29 is 29.0 Å². The molecule has 0 saturated carbocycles. The molecule has 35 heavy (non-hydrogen) atoms. The van der Waals surface area contributed by atoms with Crippen LogP contribution in [-0.4, -0.2) is 55.5 Å². The van der Waals surface area contributed by atoms with Gasteiger partial charge in [-0.2, -0.15) is 0 Å². The summed E-state index contributed by atoms with van der Waals surface area (Å²) in [5.74, 6) is -1.59. The highest BCUT2D eigenvalue weighted by molar-refractivity contribution is 5.84. The number of carboxylic acid groups (broad SMARTS) is 1. The van der Waals surface area contributed by atoms with Crippen LogP contribution >= 0.6 is 0 Å². The van der Waals surface area contributed by atoms with E-state index in [1.807, 2.05) is 57.2 Å². The predicted octanol–water partition coefficient (Wildman–Crippen LogP) is 3.94. The van der Waals surface area contributed by atoms with Crippen molar-refractivity contribution in [2.75, 3.05) is 20.3 Å². The standard InChI is InChI=1S/C27H34N2O6/c1-27(2,3)14-23(25(31)32)29-24(30)13-17(34-4)15-28-26(33)35-16-22-20-11-7-5-9-18(20)19-10-6-8-12-21(19)22/h5-12,17,22-23H,13-16H2,1-4H3,(H,28,33)(H,29,30)(H,31,32). The van der Waals surface area contributed by atoms with Gasteiger partial charge in [0.15, 0.2) is 0 Å². The van der Waals surface area contributed by atoms with Crippen LogP contribution in [0.15, 0.2) is 48.5 Å². The quantitative estimate of drug-likeness (QED) is 0.473. The van der Waals surface area contributed by atoms with E-state index in [9.17, 15) is 19.5 Å². The molecular formula is C27H34N2O6. The normalized spacial score (nSPS) is 14.4. The Bertz CT molecular complexity index is 1020. The fraction of sp³-hybridized carbons (Fsp3) is 0.444.